The normalized spacial score (nSPS) is 11.2. The number of nitrogens with one attached hydrogen (secondary N) is 2. The Morgan fingerprint density at radius 1 is 1.03 bits per heavy atom. The van der Waals surface area contributed by atoms with Crippen LogP contribution >= 0.6 is 11.6 Å². The number of carbonyl (C=O) groups is 2. The molecule has 0 radical (unpaired) electrons. The van der Waals surface area contributed by atoms with Crippen LogP contribution in [-0.4, -0.2) is 32.0 Å². The van der Waals surface area contributed by atoms with Crippen molar-refractivity contribution in [1.29, 1.82) is 0 Å². The van der Waals surface area contributed by atoms with Crippen LogP contribution in [0.1, 0.15) is 32.1 Å². The highest BCUT2D eigenvalue weighted by Gasteiger charge is 2.23. The molecule has 0 atom stereocenters. The lowest BCUT2D eigenvalue weighted by atomic mass is 10.2. The summed E-state index contributed by atoms with van der Waals surface area (Å²) in [5.74, 6) is -1.36. The van der Waals surface area contributed by atoms with Crippen molar-refractivity contribution in [1.82, 2.24) is 14.8 Å². The van der Waals surface area contributed by atoms with Crippen LogP contribution in [0.5, 0.6) is 0 Å². The van der Waals surface area contributed by atoms with Crippen LogP contribution in [0.3, 0.4) is 0 Å². The molecule has 0 aliphatic rings. The number of sulfonamides is 1. The number of esters is 1. The third kappa shape index (κ3) is 4.63. The molecular formula is C21H20ClN3O5S. The molecule has 2 N–H and O–H groups in total. The lowest BCUT2D eigenvalue weighted by molar-refractivity contribution is 0.0600. The first kappa shape index (κ1) is 22.5. The zero-order valence-electron chi connectivity index (χ0n) is 17.0. The van der Waals surface area contributed by atoms with Crippen molar-refractivity contribution in [2.24, 2.45) is 0 Å². The maximum Gasteiger partial charge on any atom is 0.337 e. The zero-order chi connectivity index (χ0) is 22.8. The van der Waals surface area contributed by atoms with Gasteiger partial charge in [0.2, 0.25) is 0 Å². The predicted molar refractivity (Wildman–Crippen MR) is 116 cm³/mol. The predicted octanol–water partition coefficient (Wildman–Crippen LogP) is 3.16. The second kappa shape index (κ2) is 8.93. The van der Waals surface area contributed by atoms with Gasteiger partial charge in [-0.2, -0.15) is 0 Å². The van der Waals surface area contributed by atoms with Gasteiger partial charge in [-0.25, -0.2) is 13.2 Å². The van der Waals surface area contributed by atoms with Crippen molar-refractivity contribution in [3.8, 4) is 5.69 Å². The lowest BCUT2D eigenvalue weighted by Crippen LogP contribution is -2.41. The molecule has 2 aromatic carbocycles. The standard InChI is InChI=1S/C21H20ClN3O5S/c1-13-11-17(14(2)25(13)16-7-5-4-6-8-16)20(26)23-24-31(28,29)19-12-15(21(27)30-3)9-10-18(19)22/h4-12,24H,1-3H3,(H,23,26). The van der Waals surface area contributed by atoms with E-state index in [1.54, 1.807) is 13.0 Å². The summed E-state index contributed by atoms with van der Waals surface area (Å²) in [7, 11) is -3.08. The van der Waals surface area contributed by atoms with E-state index in [0.717, 1.165) is 17.4 Å². The molecule has 1 amide bonds. The van der Waals surface area contributed by atoms with Crippen molar-refractivity contribution in [2.75, 3.05) is 7.11 Å². The first-order valence-corrected chi connectivity index (χ1v) is 11.0. The number of rotatable bonds is 6. The highest BCUT2D eigenvalue weighted by molar-refractivity contribution is 7.89. The molecule has 10 heteroatoms. The number of benzene rings is 2. The smallest absolute Gasteiger partial charge is 0.337 e. The lowest BCUT2D eigenvalue weighted by Gasteiger charge is -2.12. The molecule has 0 aliphatic carbocycles. The van der Waals surface area contributed by atoms with Crippen LogP contribution in [0.25, 0.3) is 5.69 Å². The van der Waals surface area contributed by atoms with Gasteiger partial charge in [0.25, 0.3) is 15.9 Å². The highest BCUT2D eigenvalue weighted by atomic mass is 35.5. The molecule has 1 heterocycles. The Morgan fingerprint density at radius 2 is 1.71 bits per heavy atom. The second-order valence-electron chi connectivity index (χ2n) is 6.65. The van der Waals surface area contributed by atoms with Crippen LogP contribution in [0, 0.1) is 13.8 Å². The topological polar surface area (TPSA) is 106 Å². The summed E-state index contributed by atoms with van der Waals surface area (Å²) in [5, 5.41) is -0.114. The molecule has 31 heavy (non-hydrogen) atoms. The molecule has 3 rings (SSSR count). The number of aromatic nitrogens is 1. The summed E-state index contributed by atoms with van der Waals surface area (Å²) in [6, 6.07) is 14.8. The number of carbonyl (C=O) groups excluding carboxylic acids is 2. The van der Waals surface area contributed by atoms with E-state index in [1.165, 1.54) is 19.2 Å². The molecule has 0 bridgehead atoms. The molecule has 0 aliphatic heterocycles. The Morgan fingerprint density at radius 3 is 2.35 bits per heavy atom. The van der Waals surface area contributed by atoms with Crippen LogP contribution in [-0.2, 0) is 14.8 Å². The van der Waals surface area contributed by atoms with Gasteiger partial charge in [-0.15, -0.1) is 4.83 Å². The van der Waals surface area contributed by atoms with Crippen molar-refractivity contribution >= 4 is 33.5 Å². The SMILES string of the molecule is COC(=O)c1ccc(Cl)c(S(=O)(=O)NNC(=O)c2cc(C)n(-c3ccccc3)c2C)c1. The second-order valence-corrected chi connectivity index (χ2v) is 8.71. The van der Waals surface area contributed by atoms with Crippen molar-refractivity contribution in [3.63, 3.8) is 0 Å². The van der Waals surface area contributed by atoms with Gasteiger partial charge in [0.05, 0.1) is 23.3 Å². The summed E-state index contributed by atoms with van der Waals surface area (Å²) in [6.07, 6.45) is 0. The Kier molecular flexibility index (Phi) is 6.49. The molecule has 3 aromatic rings. The molecular weight excluding hydrogens is 442 g/mol. The van der Waals surface area contributed by atoms with Gasteiger partial charge in [0, 0.05) is 17.1 Å². The van der Waals surface area contributed by atoms with E-state index in [2.05, 4.69) is 10.2 Å². The van der Waals surface area contributed by atoms with E-state index in [4.69, 9.17) is 11.6 Å². The fraction of sp³-hybridized carbons (Fsp3) is 0.143. The van der Waals surface area contributed by atoms with Crippen LogP contribution in [0.4, 0.5) is 0 Å². The minimum Gasteiger partial charge on any atom is -0.465 e. The fourth-order valence-corrected chi connectivity index (χ4v) is 4.52. The number of ether oxygens (including phenoxy) is 1. The molecule has 162 valence electrons. The van der Waals surface area contributed by atoms with E-state index in [0.29, 0.717) is 11.3 Å². The van der Waals surface area contributed by atoms with E-state index < -0.39 is 21.9 Å². The van der Waals surface area contributed by atoms with Gasteiger partial charge in [0.1, 0.15) is 4.90 Å². The number of hydrogen-bond acceptors (Lipinski definition) is 5. The summed E-state index contributed by atoms with van der Waals surface area (Å²) >= 11 is 5.99. The Labute approximate surface area is 184 Å². The highest BCUT2D eigenvalue weighted by Crippen LogP contribution is 2.23. The maximum absolute atomic E-state index is 12.7. The van der Waals surface area contributed by atoms with Gasteiger partial charge in [-0.3, -0.25) is 10.2 Å². The first-order valence-electron chi connectivity index (χ1n) is 9.10. The number of hydrogen-bond donors (Lipinski definition) is 2. The summed E-state index contributed by atoms with van der Waals surface area (Å²) in [5.41, 5.74) is 4.84. The number of amides is 1. The number of para-hydroxylation sites is 1. The Hall–Kier alpha value is -3.14. The largest absolute Gasteiger partial charge is 0.465 e. The molecule has 0 unspecified atom stereocenters. The third-order valence-electron chi connectivity index (χ3n) is 4.63. The van der Waals surface area contributed by atoms with Crippen molar-refractivity contribution in [3.05, 3.63) is 82.1 Å². The summed E-state index contributed by atoms with van der Waals surface area (Å²) in [6.45, 7) is 3.61. The number of nitrogens with zero attached hydrogens (tertiary/aromatic N) is 1. The summed E-state index contributed by atoms with van der Waals surface area (Å²) < 4.78 is 31.8. The van der Waals surface area contributed by atoms with Crippen molar-refractivity contribution < 1.29 is 22.7 Å². The van der Waals surface area contributed by atoms with E-state index in [1.807, 2.05) is 46.7 Å². The quantitative estimate of drug-likeness (QED) is 0.433. The Balaban J connectivity index is 1.84. The number of halogens is 1. The molecule has 0 spiro atoms. The monoisotopic (exact) mass is 461 g/mol. The number of methoxy groups -OCH3 is 1. The van der Waals surface area contributed by atoms with Gasteiger partial charge in [0.15, 0.2) is 0 Å². The minimum absolute atomic E-state index is 0.00464. The van der Waals surface area contributed by atoms with Crippen LogP contribution in [0.15, 0.2) is 59.5 Å². The van der Waals surface area contributed by atoms with Gasteiger partial charge in [-0.1, -0.05) is 29.8 Å². The zero-order valence-corrected chi connectivity index (χ0v) is 18.5. The van der Waals surface area contributed by atoms with Crippen molar-refractivity contribution in [2.45, 2.75) is 18.7 Å². The molecule has 0 saturated carbocycles. The number of hydrazine groups is 1. The maximum atomic E-state index is 12.7. The van der Waals surface area contributed by atoms with E-state index >= 15 is 0 Å². The summed E-state index contributed by atoms with van der Waals surface area (Å²) in [4.78, 5) is 26.0. The number of aryl methyl sites for hydroxylation is 1. The van der Waals surface area contributed by atoms with E-state index in [-0.39, 0.29) is 15.5 Å². The average Bonchev–Trinajstić information content (AvgIpc) is 3.06. The average molecular weight is 462 g/mol. The Bertz CT molecular complexity index is 1250. The molecule has 8 nitrogen and oxygen atoms in total. The molecule has 0 fully saturated rings. The third-order valence-corrected chi connectivity index (χ3v) is 6.36. The van der Waals surface area contributed by atoms with Gasteiger partial charge >= 0.3 is 5.97 Å². The minimum atomic E-state index is -4.26. The van der Waals surface area contributed by atoms with Crippen LogP contribution in [0.2, 0.25) is 5.02 Å². The van der Waals surface area contributed by atoms with Gasteiger partial charge in [-0.05, 0) is 50.2 Å². The van der Waals surface area contributed by atoms with Gasteiger partial charge < -0.3 is 9.30 Å². The fourth-order valence-electron chi connectivity index (χ4n) is 3.16. The first-order chi connectivity index (χ1) is 14.7. The van der Waals surface area contributed by atoms with E-state index in [9.17, 15) is 18.0 Å². The van der Waals surface area contributed by atoms with Crippen LogP contribution < -0.4 is 10.3 Å². The molecule has 1 aromatic heterocycles. The molecule has 0 saturated heterocycles.